The topological polar surface area (TPSA) is 85.5 Å². The van der Waals surface area contributed by atoms with Crippen LogP contribution in [0.25, 0.3) is 0 Å². The van der Waals surface area contributed by atoms with Gasteiger partial charge < -0.3 is 29.9 Å². The molecule has 1 aromatic carbocycles. The van der Waals surface area contributed by atoms with Crippen LogP contribution in [0.2, 0.25) is 0 Å². The van der Waals surface area contributed by atoms with Gasteiger partial charge in [0.1, 0.15) is 39.4 Å². The molecule has 2 amide bonds. The quantitative estimate of drug-likeness (QED) is 0.455. The molecule has 1 aromatic rings. The number of hydrogen-bond donors (Lipinski definition) is 4. The van der Waals surface area contributed by atoms with Crippen molar-refractivity contribution in [3.8, 4) is 11.5 Å². The molecule has 2 heterocycles. The average Bonchev–Trinajstić information content (AvgIpc) is 2.67. The summed E-state index contributed by atoms with van der Waals surface area (Å²) in [6.07, 6.45) is 0. The van der Waals surface area contributed by atoms with Crippen molar-refractivity contribution in [2.75, 3.05) is 51.3 Å². The van der Waals surface area contributed by atoms with E-state index in [0.717, 1.165) is 31.9 Å². The molecule has 2 aliphatic heterocycles. The Balaban J connectivity index is 1.47. The number of hydrogen-bond acceptors (Lipinski definition) is 4. The number of piperazine rings is 1. The highest BCUT2D eigenvalue weighted by Crippen LogP contribution is 2.32. The third-order valence-corrected chi connectivity index (χ3v) is 5.27. The zero-order chi connectivity index (χ0) is 20.1. The van der Waals surface area contributed by atoms with Gasteiger partial charge in [0.05, 0.1) is 0 Å². The maximum atomic E-state index is 12.7. The Morgan fingerprint density at radius 1 is 1.04 bits per heavy atom. The molecule has 0 spiro atoms. The van der Waals surface area contributed by atoms with E-state index in [0.29, 0.717) is 31.3 Å². The van der Waals surface area contributed by atoms with Gasteiger partial charge in [-0.2, -0.15) is 0 Å². The summed E-state index contributed by atoms with van der Waals surface area (Å²) in [4.78, 5) is 27.1. The molecule has 1 fully saturated rings. The number of benzene rings is 1. The van der Waals surface area contributed by atoms with Crippen LogP contribution < -0.4 is 29.9 Å². The van der Waals surface area contributed by atoms with E-state index < -0.39 is 0 Å². The first-order chi connectivity index (χ1) is 13.4. The molecular weight excluding hydrogens is 360 g/mol. The fraction of sp³-hybridized carbons (Fsp3) is 0.600. The minimum absolute atomic E-state index is 0.00678. The lowest BCUT2D eigenvalue weighted by Gasteiger charge is -2.32. The van der Waals surface area contributed by atoms with E-state index in [1.165, 1.54) is 9.80 Å². The van der Waals surface area contributed by atoms with Crippen LogP contribution in [0.1, 0.15) is 20.8 Å². The van der Waals surface area contributed by atoms with Gasteiger partial charge in [-0.05, 0) is 32.9 Å². The Kier molecular flexibility index (Phi) is 6.74. The fourth-order valence-electron chi connectivity index (χ4n) is 3.69. The summed E-state index contributed by atoms with van der Waals surface area (Å²) >= 11 is 0. The van der Waals surface area contributed by atoms with Gasteiger partial charge in [0.2, 0.25) is 0 Å². The summed E-state index contributed by atoms with van der Waals surface area (Å²) < 4.78 is 11.1. The lowest BCUT2D eigenvalue weighted by atomic mass is 10.2. The molecule has 0 saturated carbocycles. The van der Waals surface area contributed by atoms with Gasteiger partial charge in [0, 0.05) is 17.8 Å². The molecular formula is C20H32N4O4+2. The summed E-state index contributed by atoms with van der Waals surface area (Å²) in [5.41, 5.74) is 0.718. The number of nitrogens with one attached hydrogen (secondary N) is 4. The van der Waals surface area contributed by atoms with Gasteiger partial charge in [-0.1, -0.05) is 0 Å². The summed E-state index contributed by atoms with van der Waals surface area (Å²) in [6.45, 7) is 11.0. The SMILES string of the molecule is CC(C)NC(=O)C[NH+]1CC[NH+]([C@@H](C)C(=O)Nc2ccc3c(c2)OCCO3)CC1. The number of ether oxygens (including phenoxy) is 2. The van der Waals surface area contributed by atoms with Crippen LogP contribution in [0.5, 0.6) is 11.5 Å². The molecule has 4 N–H and O–H groups in total. The number of quaternary nitrogens is 2. The molecule has 0 bridgehead atoms. The zero-order valence-electron chi connectivity index (χ0n) is 17.0. The second-order valence-electron chi connectivity index (χ2n) is 7.88. The van der Waals surface area contributed by atoms with Crippen LogP contribution in [-0.4, -0.2) is 69.8 Å². The van der Waals surface area contributed by atoms with Crippen molar-refractivity contribution in [2.24, 2.45) is 0 Å². The molecule has 0 radical (unpaired) electrons. The number of anilines is 1. The van der Waals surface area contributed by atoms with Crippen LogP contribution in [0.15, 0.2) is 18.2 Å². The van der Waals surface area contributed by atoms with Crippen LogP contribution in [-0.2, 0) is 9.59 Å². The van der Waals surface area contributed by atoms with Gasteiger partial charge in [-0.3, -0.25) is 9.59 Å². The summed E-state index contributed by atoms with van der Waals surface area (Å²) in [5.74, 6) is 1.47. The minimum Gasteiger partial charge on any atom is -0.486 e. The normalized spacial score (nSPS) is 22.4. The second kappa shape index (κ2) is 9.25. The lowest BCUT2D eigenvalue weighted by molar-refractivity contribution is -1.01. The molecule has 2 aliphatic rings. The van der Waals surface area contributed by atoms with Crippen LogP contribution >= 0.6 is 0 Å². The Morgan fingerprint density at radius 2 is 1.71 bits per heavy atom. The Labute approximate surface area is 166 Å². The maximum Gasteiger partial charge on any atom is 0.282 e. The molecule has 8 heteroatoms. The fourth-order valence-corrected chi connectivity index (χ4v) is 3.69. The number of rotatable bonds is 6. The molecule has 0 unspecified atom stereocenters. The lowest BCUT2D eigenvalue weighted by Crippen LogP contribution is -3.30. The van der Waals surface area contributed by atoms with E-state index in [1.807, 2.05) is 39.0 Å². The maximum absolute atomic E-state index is 12.7. The monoisotopic (exact) mass is 392 g/mol. The Hall–Kier alpha value is -2.32. The Bertz CT molecular complexity index is 701. The van der Waals surface area contributed by atoms with Crippen molar-refractivity contribution in [3.63, 3.8) is 0 Å². The van der Waals surface area contributed by atoms with E-state index in [9.17, 15) is 9.59 Å². The third kappa shape index (κ3) is 5.36. The zero-order valence-corrected chi connectivity index (χ0v) is 17.0. The van der Waals surface area contributed by atoms with Gasteiger partial charge in [0.25, 0.3) is 11.8 Å². The molecule has 1 atom stereocenters. The van der Waals surface area contributed by atoms with Gasteiger partial charge in [-0.25, -0.2) is 0 Å². The summed E-state index contributed by atoms with van der Waals surface area (Å²) in [7, 11) is 0. The standard InChI is InChI=1S/C20H30N4O4/c1-14(2)21-19(25)13-23-6-8-24(9-7-23)15(3)20(26)22-16-4-5-17-18(12-16)28-11-10-27-17/h4-5,12,14-15H,6-11,13H2,1-3H3,(H,21,25)(H,22,26)/p+2/t15-/m0/s1. The number of amides is 2. The summed E-state index contributed by atoms with van der Waals surface area (Å²) in [5, 5.41) is 5.93. The van der Waals surface area contributed by atoms with Gasteiger partial charge >= 0.3 is 0 Å². The van der Waals surface area contributed by atoms with Crippen molar-refractivity contribution in [3.05, 3.63) is 18.2 Å². The van der Waals surface area contributed by atoms with E-state index in [1.54, 1.807) is 0 Å². The first kappa shape index (κ1) is 20.4. The Morgan fingerprint density at radius 3 is 2.39 bits per heavy atom. The van der Waals surface area contributed by atoms with Crippen LogP contribution in [0.3, 0.4) is 0 Å². The van der Waals surface area contributed by atoms with Crippen LogP contribution in [0.4, 0.5) is 5.69 Å². The number of carbonyl (C=O) groups excluding carboxylic acids is 2. The summed E-state index contributed by atoms with van der Waals surface area (Å²) in [6, 6.07) is 5.49. The van der Waals surface area contributed by atoms with Crippen LogP contribution in [0, 0.1) is 0 Å². The van der Waals surface area contributed by atoms with E-state index in [-0.39, 0.29) is 23.9 Å². The van der Waals surface area contributed by atoms with E-state index in [2.05, 4.69) is 10.6 Å². The van der Waals surface area contributed by atoms with Crippen molar-refractivity contribution in [2.45, 2.75) is 32.9 Å². The van der Waals surface area contributed by atoms with Crippen molar-refractivity contribution >= 4 is 17.5 Å². The van der Waals surface area contributed by atoms with E-state index >= 15 is 0 Å². The van der Waals surface area contributed by atoms with E-state index in [4.69, 9.17) is 9.47 Å². The highest BCUT2D eigenvalue weighted by atomic mass is 16.6. The molecule has 154 valence electrons. The van der Waals surface area contributed by atoms with Gasteiger partial charge in [0.15, 0.2) is 24.1 Å². The van der Waals surface area contributed by atoms with Crippen molar-refractivity contribution in [1.82, 2.24) is 5.32 Å². The highest BCUT2D eigenvalue weighted by molar-refractivity contribution is 5.94. The molecule has 0 aromatic heterocycles. The van der Waals surface area contributed by atoms with Gasteiger partial charge in [-0.15, -0.1) is 0 Å². The third-order valence-electron chi connectivity index (χ3n) is 5.27. The largest absolute Gasteiger partial charge is 0.486 e. The first-order valence-electron chi connectivity index (χ1n) is 10.1. The average molecular weight is 393 g/mol. The van der Waals surface area contributed by atoms with Crippen molar-refractivity contribution in [1.29, 1.82) is 0 Å². The predicted molar refractivity (Wildman–Crippen MR) is 105 cm³/mol. The smallest absolute Gasteiger partial charge is 0.282 e. The molecule has 28 heavy (non-hydrogen) atoms. The molecule has 8 nitrogen and oxygen atoms in total. The molecule has 0 aliphatic carbocycles. The molecule has 1 saturated heterocycles. The number of carbonyl (C=O) groups is 2. The molecule has 3 rings (SSSR count). The highest BCUT2D eigenvalue weighted by Gasteiger charge is 2.32. The minimum atomic E-state index is -0.153. The number of fused-ring (bicyclic) bond motifs is 1. The predicted octanol–water partition coefficient (Wildman–Crippen LogP) is -1.91. The van der Waals surface area contributed by atoms with Crippen molar-refractivity contribution < 1.29 is 28.9 Å². The second-order valence-corrected chi connectivity index (χ2v) is 7.88. The first-order valence-corrected chi connectivity index (χ1v) is 10.1.